The van der Waals surface area contributed by atoms with Crippen LogP contribution in [0.2, 0.25) is 0 Å². The highest BCUT2D eigenvalue weighted by molar-refractivity contribution is 6.17. The molecule has 1 saturated heterocycles. The normalized spacial score (nSPS) is 14.1. The molecule has 0 bridgehead atoms. The number of benzene rings is 3. The van der Waals surface area contributed by atoms with Gasteiger partial charge >= 0.3 is 0 Å². The lowest BCUT2D eigenvalue weighted by Crippen LogP contribution is -2.25. The topological polar surface area (TPSA) is 79.2 Å². The number of hydrogen-bond acceptors (Lipinski definition) is 2. The van der Waals surface area contributed by atoms with Crippen molar-refractivity contribution >= 4 is 39.7 Å². The van der Waals surface area contributed by atoms with E-state index in [9.17, 15) is 9.59 Å². The van der Waals surface area contributed by atoms with Crippen molar-refractivity contribution < 1.29 is 9.59 Å². The number of aromatic nitrogens is 1. The van der Waals surface area contributed by atoms with Crippen molar-refractivity contribution in [2.45, 2.75) is 12.8 Å². The molecule has 2 amide bonds. The lowest BCUT2D eigenvalue weighted by Gasteiger charge is -2.12. The number of primary amides is 1. The molecule has 0 aliphatic carbocycles. The third kappa shape index (κ3) is 3.48. The van der Waals surface area contributed by atoms with E-state index >= 15 is 0 Å². The van der Waals surface area contributed by atoms with Crippen molar-refractivity contribution in [1.82, 2.24) is 9.88 Å². The Kier molecular flexibility index (Phi) is 4.79. The van der Waals surface area contributed by atoms with Crippen LogP contribution in [0.3, 0.4) is 0 Å². The molecule has 1 aromatic heterocycles. The Morgan fingerprint density at radius 2 is 1.74 bits per heavy atom. The van der Waals surface area contributed by atoms with Crippen LogP contribution in [0.5, 0.6) is 0 Å². The molecule has 0 saturated carbocycles. The molecular formula is C26H23N3O2. The fourth-order valence-corrected chi connectivity index (χ4v) is 4.44. The summed E-state index contributed by atoms with van der Waals surface area (Å²) in [5.74, 6) is -0.433. The van der Waals surface area contributed by atoms with Crippen LogP contribution in [0.25, 0.3) is 39.0 Å². The van der Waals surface area contributed by atoms with Gasteiger partial charge in [-0.05, 0) is 47.7 Å². The molecule has 5 rings (SSSR count). The smallest absolute Gasteiger partial charge is 0.251 e. The van der Waals surface area contributed by atoms with Gasteiger partial charge in [-0.2, -0.15) is 0 Å². The van der Waals surface area contributed by atoms with Gasteiger partial charge in [0.25, 0.3) is 5.91 Å². The number of fused-ring (bicyclic) bond motifs is 3. The van der Waals surface area contributed by atoms with Crippen molar-refractivity contribution in [3.8, 4) is 11.1 Å². The SMILES string of the molecule is NC(=O)c1c(-c2cccc(C=CC(=O)N3CCCC3)c2)ccc2c1[nH]c1ccccc12. The van der Waals surface area contributed by atoms with Crippen LogP contribution >= 0.6 is 0 Å². The molecular weight excluding hydrogens is 386 g/mol. The highest BCUT2D eigenvalue weighted by Gasteiger charge is 2.18. The van der Waals surface area contributed by atoms with E-state index in [-0.39, 0.29) is 5.91 Å². The number of nitrogens with one attached hydrogen (secondary N) is 1. The first-order chi connectivity index (χ1) is 15.1. The van der Waals surface area contributed by atoms with Gasteiger partial charge in [0.1, 0.15) is 0 Å². The summed E-state index contributed by atoms with van der Waals surface area (Å²) >= 11 is 0. The van der Waals surface area contributed by atoms with Gasteiger partial charge < -0.3 is 15.6 Å². The van der Waals surface area contributed by atoms with Crippen LogP contribution in [0, 0.1) is 0 Å². The minimum Gasteiger partial charge on any atom is -0.366 e. The van der Waals surface area contributed by atoms with E-state index in [1.165, 1.54) is 0 Å². The molecule has 0 atom stereocenters. The first-order valence-electron chi connectivity index (χ1n) is 10.5. The maximum Gasteiger partial charge on any atom is 0.251 e. The van der Waals surface area contributed by atoms with Gasteiger partial charge in [0.2, 0.25) is 5.91 Å². The highest BCUT2D eigenvalue weighted by Crippen LogP contribution is 2.34. The number of carbonyl (C=O) groups is 2. The van der Waals surface area contributed by atoms with E-state index < -0.39 is 5.91 Å². The third-order valence-electron chi connectivity index (χ3n) is 5.96. The Morgan fingerprint density at radius 3 is 2.55 bits per heavy atom. The van der Waals surface area contributed by atoms with Gasteiger partial charge in [0, 0.05) is 35.5 Å². The number of aromatic amines is 1. The number of carbonyl (C=O) groups excluding carboxylic acids is 2. The number of para-hydroxylation sites is 1. The lowest BCUT2D eigenvalue weighted by molar-refractivity contribution is -0.124. The van der Waals surface area contributed by atoms with Crippen LogP contribution in [-0.2, 0) is 4.79 Å². The van der Waals surface area contributed by atoms with Crippen molar-refractivity contribution in [1.29, 1.82) is 0 Å². The number of likely N-dealkylation sites (tertiary alicyclic amines) is 1. The Bertz CT molecular complexity index is 1340. The van der Waals surface area contributed by atoms with Gasteiger partial charge in [-0.3, -0.25) is 9.59 Å². The number of H-pyrrole nitrogens is 1. The zero-order valence-electron chi connectivity index (χ0n) is 17.1. The standard InChI is InChI=1S/C26H23N3O2/c27-26(31)24-19(11-12-21-20-8-1-2-9-22(20)28-25(21)24)18-7-5-6-17(16-18)10-13-23(30)29-14-3-4-15-29/h1-2,5-13,16,28H,3-4,14-15H2,(H2,27,31). The van der Waals surface area contributed by atoms with Crippen LogP contribution in [0.4, 0.5) is 0 Å². The first kappa shape index (κ1) is 19.1. The Balaban J connectivity index is 1.57. The second kappa shape index (κ2) is 7.76. The van der Waals surface area contributed by atoms with Crippen LogP contribution in [0.1, 0.15) is 28.8 Å². The molecule has 0 spiro atoms. The summed E-state index contributed by atoms with van der Waals surface area (Å²) < 4.78 is 0. The molecule has 5 heteroatoms. The average molecular weight is 409 g/mol. The van der Waals surface area contributed by atoms with Crippen LogP contribution in [-0.4, -0.2) is 34.8 Å². The minimum absolute atomic E-state index is 0.0419. The second-order valence-corrected chi connectivity index (χ2v) is 7.94. The molecule has 2 heterocycles. The summed E-state index contributed by atoms with van der Waals surface area (Å²) in [7, 11) is 0. The highest BCUT2D eigenvalue weighted by atomic mass is 16.2. The Hall–Kier alpha value is -3.86. The monoisotopic (exact) mass is 409 g/mol. The van der Waals surface area contributed by atoms with Gasteiger partial charge in [-0.25, -0.2) is 0 Å². The quantitative estimate of drug-likeness (QED) is 0.478. The van der Waals surface area contributed by atoms with Gasteiger partial charge in [0.05, 0.1) is 11.1 Å². The van der Waals surface area contributed by atoms with Crippen LogP contribution in [0.15, 0.2) is 66.7 Å². The predicted molar refractivity (Wildman–Crippen MR) is 125 cm³/mol. The molecule has 1 aliphatic heterocycles. The summed E-state index contributed by atoms with van der Waals surface area (Å²) in [5.41, 5.74) is 10.6. The molecule has 1 aliphatic rings. The molecule has 0 radical (unpaired) electrons. The predicted octanol–water partition coefficient (Wildman–Crippen LogP) is 4.72. The van der Waals surface area contributed by atoms with Gasteiger partial charge in [-0.1, -0.05) is 48.5 Å². The zero-order chi connectivity index (χ0) is 21.4. The molecule has 1 fully saturated rings. The summed E-state index contributed by atoms with van der Waals surface area (Å²) in [6, 6.07) is 19.7. The fourth-order valence-electron chi connectivity index (χ4n) is 4.44. The summed E-state index contributed by atoms with van der Waals surface area (Å²) in [4.78, 5) is 30.0. The molecule has 5 nitrogen and oxygen atoms in total. The zero-order valence-corrected chi connectivity index (χ0v) is 17.1. The Morgan fingerprint density at radius 1 is 0.935 bits per heavy atom. The van der Waals surface area contributed by atoms with E-state index in [4.69, 9.17) is 5.73 Å². The second-order valence-electron chi connectivity index (χ2n) is 7.94. The Labute approximate surface area is 180 Å². The molecule has 154 valence electrons. The van der Waals surface area contributed by atoms with Gasteiger partial charge in [-0.15, -0.1) is 0 Å². The number of nitrogens with two attached hydrogens (primary N) is 1. The maximum absolute atomic E-state index is 12.5. The third-order valence-corrected chi connectivity index (χ3v) is 5.96. The summed E-state index contributed by atoms with van der Waals surface area (Å²) in [6.07, 6.45) is 5.60. The van der Waals surface area contributed by atoms with Crippen molar-refractivity contribution in [2.24, 2.45) is 5.73 Å². The van der Waals surface area contributed by atoms with E-state index in [2.05, 4.69) is 4.98 Å². The fraction of sp³-hybridized carbons (Fsp3) is 0.154. The average Bonchev–Trinajstić information content (AvgIpc) is 3.45. The van der Waals surface area contributed by atoms with Crippen LogP contribution < -0.4 is 5.73 Å². The molecule has 3 N–H and O–H groups in total. The number of rotatable bonds is 4. The van der Waals surface area contributed by atoms with E-state index in [0.717, 1.165) is 64.4 Å². The van der Waals surface area contributed by atoms with E-state index in [1.807, 2.05) is 71.6 Å². The number of amides is 2. The summed E-state index contributed by atoms with van der Waals surface area (Å²) in [6.45, 7) is 1.66. The number of nitrogens with zero attached hydrogens (tertiary/aromatic N) is 1. The van der Waals surface area contributed by atoms with E-state index in [1.54, 1.807) is 6.08 Å². The molecule has 4 aromatic rings. The summed E-state index contributed by atoms with van der Waals surface area (Å²) in [5, 5.41) is 2.03. The molecule has 31 heavy (non-hydrogen) atoms. The van der Waals surface area contributed by atoms with Gasteiger partial charge in [0.15, 0.2) is 0 Å². The minimum atomic E-state index is -0.475. The van der Waals surface area contributed by atoms with Crippen molar-refractivity contribution in [3.63, 3.8) is 0 Å². The largest absolute Gasteiger partial charge is 0.366 e. The lowest BCUT2D eigenvalue weighted by atomic mass is 9.95. The molecule has 0 unspecified atom stereocenters. The first-order valence-corrected chi connectivity index (χ1v) is 10.5. The van der Waals surface area contributed by atoms with Crippen molar-refractivity contribution in [3.05, 3.63) is 77.9 Å². The van der Waals surface area contributed by atoms with Crippen molar-refractivity contribution in [2.75, 3.05) is 13.1 Å². The van der Waals surface area contributed by atoms with E-state index in [0.29, 0.717) is 5.56 Å². The number of hydrogen-bond donors (Lipinski definition) is 2. The molecule has 3 aromatic carbocycles. The maximum atomic E-state index is 12.5.